The van der Waals surface area contributed by atoms with Gasteiger partial charge in [0.2, 0.25) is 5.91 Å². The number of nitrogens with two attached hydrogens (primary N) is 1. The molecule has 1 aliphatic rings. The Balaban J connectivity index is 0.00000242. The van der Waals surface area contributed by atoms with Crippen LogP contribution in [0.5, 0.6) is 0 Å². The molecular formula is C15H20ClF3N2O. The summed E-state index contributed by atoms with van der Waals surface area (Å²) in [7, 11) is 0. The normalized spacial score (nSPS) is 17.7. The molecule has 3 nitrogen and oxygen atoms in total. The monoisotopic (exact) mass is 336 g/mol. The summed E-state index contributed by atoms with van der Waals surface area (Å²) in [4.78, 5) is 13.6. The van der Waals surface area contributed by atoms with E-state index >= 15 is 0 Å². The van der Waals surface area contributed by atoms with E-state index < -0.39 is 18.1 Å². The molecule has 0 radical (unpaired) electrons. The minimum atomic E-state index is -4.17. The average molecular weight is 337 g/mol. The van der Waals surface area contributed by atoms with Crippen molar-refractivity contribution < 1.29 is 18.0 Å². The van der Waals surface area contributed by atoms with E-state index in [4.69, 9.17) is 5.73 Å². The summed E-state index contributed by atoms with van der Waals surface area (Å²) in [6.45, 7) is 0.261. The second-order valence-electron chi connectivity index (χ2n) is 5.44. The van der Waals surface area contributed by atoms with Crippen molar-refractivity contribution in [2.75, 3.05) is 13.1 Å². The first-order valence-electron chi connectivity index (χ1n) is 7.03. The molecule has 1 fully saturated rings. The van der Waals surface area contributed by atoms with Crippen LogP contribution < -0.4 is 5.73 Å². The molecule has 0 saturated carbocycles. The van der Waals surface area contributed by atoms with Gasteiger partial charge in [-0.1, -0.05) is 30.3 Å². The fourth-order valence-corrected chi connectivity index (χ4v) is 2.62. The molecule has 22 heavy (non-hydrogen) atoms. The first-order valence-corrected chi connectivity index (χ1v) is 7.03. The van der Waals surface area contributed by atoms with Crippen molar-refractivity contribution in [2.24, 2.45) is 11.7 Å². The molecule has 1 amide bonds. The van der Waals surface area contributed by atoms with Crippen molar-refractivity contribution in [1.29, 1.82) is 0 Å². The highest BCUT2D eigenvalue weighted by Crippen LogP contribution is 2.34. The molecule has 0 bridgehead atoms. The minimum absolute atomic E-state index is 0. The number of carbonyl (C=O) groups excluding carboxylic acids is 1. The van der Waals surface area contributed by atoms with Crippen molar-refractivity contribution in [1.82, 2.24) is 4.90 Å². The standard InChI is InChI=1S/C15H19F3N2O.ClH/c16-15(17,18)12-6-8-20(9-7-12)14(21)13(19)10-11-4-2-1-3-5-11;/h1-5,12-13H,6-10,19H2;1H. The van der Waals surface area contributed by atoms with Crippen molar-refractivity contribution in [2.45, 2.75) is 31.5 Å². The third kappa shape index (κ3) is 4.88. The van der Waals surface area contributed by atoms with Crippen LogP contribution in [0.2, 0.25) is 0 Å². The predicted octanol–water partition coefficient (Wildman–Crippen LogP) is 2.78. The molecule has 1 saturated heterocycles. The van der Waals surface area contributed by atoms with E-state index in [9.17, 15) is 18.0 Å². The molecule has 0 spiro atoms. The summed E-state index contributed by atoms with van der Waals surface area (Å²) < 4.78 is 37.8. The molecule has 1 aliphatic heterocycles. The Hall–Kier alpha value is -1.27. The highest BCUT2D eigenvalue weighted by Gasteiger charge is 2.42. The number of halogens is 4. The van der Waals surface area contributed by atoms with E-state index in [-0.39, 0.29) is 44.2 Å². The molecule has 0 aromatic heterocycles. The molecule has 1 atom stereocenters. The third-order valence-electron chi connectivity index (χ3n) is 3.89. The van der Waals surface area contributed by atoms with Crippen LogP contribution in [-0.4, -0.2) is 36.1 Å². The van der Waals surface area contributed by atoms with Gasteiger partial charge in [-0.2, -0.15) is 13.2 Å². The fourth-order valence-electron chi connectivity index (χ4n) is 2.62. The molecule has 1 aromatic carbocycles. The van der Waals surface area contributed by atoms with Gasteiger partial charge in [-0.25, -0.2) is 0 Å². The number of benzene rings is 1. The third-order valence-corrected chi connectivity index (χ3v) is 3.89. The molecule has 2 rings (SSSR count). The zero-order chi connectivity index (χ0) is 15.5. The van der Waals surface area contributed by atoms with E-state index in [1.165, 1.54) is 4.90 Å². The van der Waals surface area contributed by atoms with E-state index in [2.05, 4.69) is 0 Å². The van der Waals surface area contributed by atoms with Gasteiger partial charge in [0.05, 0.1) is 12.0 Å². The Morgan fingerprint density at radius 2 is 1.77 bits per heavy atom. The number of likely N-dealkylation sites (tertiary alicyclic amines) is 1. The Morgan fingerprint density at radius 3 is 2.27 bits per heavy atom. The van der Waals surface area contributed by atoms with Crippen molar-refractivity contribution in [3.63, 3.8) is 0 Å². The van der Waals surface area contributed by atoms with Crippen LogP contribution >= 0.6 is 12.4 Å². The van der Waals surface area contributed by atoms with Gasteiger partial charge < -0.3 is 10.6 Å². The number of nitrogens with zero attached hydrogens (tertiary/aromatic N) is 1. The number of alkyl halides is 3. The van der Waals surface area contributed by atoms with Crippen LogP contribution in [0.1, 0.15) is 18.4 Å². The molecule has 7 heteroatoms. The number of hydrogen-bond acceptors (Lipinski definition) is 2. The number of amides is 1. The molecule has 1 unspecified atom stereocenters. The SMILES string of the molecule is Cl.NC(Cc1ccccc1)C(=O)N1CCC(C(F)(F)F)CC1. The second-order valence-corrected chi connectivity index (χ2v) is 5.44. The zero-order valence-electron chi connectivity index (χ0n) is 12.1. The molecule has 0 aliphatic carbocycles. The molecule has 2 N–H and O–H groups in total. The number of rotatable bonds is 3. The lowest BCUT2D eigenvalue weighted by Crippen LogP contribution is -2.49. The highest BCUT2D eigenvalue weighted by atomic mass is 35.5. The van der Waals surface area contributed by atoms with Crippen LogP contribution in [0.3, 0.4) is 0 Å². The Morgan fingerprint density at radius 1 is 1.23 bits per heavy atom. The van der Waals surface area contributed by atoms with Gasteiger partial charge >= 0.3 is 6.18 Å². The topological polar surface area (TPSA) is 46.3 Å². The van der Waals surface area contributed by atoms with Crippen molar-refractivity contribution in [3.05, 3.63) is 35.9 Å². The fraction of sp³-hybridized carbons (Fsp3) is 0.533. The van der Waals surface area contributed by atoms with Crippen LogP contribution in [-0.2, 0) is 11.2 Å². The van der Waals surface area contributed by atoms with Crippen molar-refractivity contribution >= 4 is 18.3 Å². The van der Waals surface area contributed by atoms with Gasteiger partial charge in [-0.15, -0.1) is 12.4 Å². The Bertz CT molecular complexity index is 473. The average Bonchev–Trinajstić information content (AvgIpc) is 2.46. The molecule has 124 valence electrons. The Kier molecular flexibility index (Phi) is 6.68. The molecule has 1 heterocycles. The minimum Gasteiger partial charge on any atom is -0.341 e. The van der Waals surface area contributed by atoms with Gasteiger partial charge in [0, 0.05) is 13.1 Å². The summed E-state index contributed by atoms with van der Waals surface area (Å²) in [6.07, 6.45) is -3.83. The van der Waals surface area contributed by atoms with Gasteiger partial charge in [0.25, 0.3) is 0 Å². The van der Waals surface area contributed by atoms with Crippen LogP contribution in [0.25, 0.3) is 0 Å². The maximum absolute atomic E-state index is 12.6. The Labute approximate surface area is 134 Å². The van der Waals surface area contributed by atoms with Gasteiger partial charge in [-0.05, 0) is 24.8 Å². The largest absolute Gasteiger partial charge is 0.391 e. The van der Waals surface area contributed by atoms with Crippen molar-refractivity contribution in [3.8, 4) is 0 Å². The maximum atomic E-state index is 12.6. The zero-order valence-corrected chi connectivity index (χ0v) is 12.9. The number of carbonyl (C=O) groups is 1. The van der Waals surface area contributed by atoms with Crippen LogP contribution in [0.4, 0.5) is 13.2 Å². The molecule has 1 aromatic rings. The summed E-state index contributed by atoms with van der Waals surface area (Å²) in [5, 5.41) is 0. The molecular weight excluding hydrogens is 317 g/mol. The van der Waals surface area contributed by atoms with E-state index in [0.717, 1.165) is 5.56 Å². The predicted molar refractivity (Wildman–Crippen MR) is 80.7 cm³/mol. The first kappa shape index (κ1) is 18.8. The summed E-state index contributed by atoms with van der Waals surface area (Å²) >= 11 is 0. The van der Waals surface area contributed by atoms with Gasteiger partial charge in [-0.3, -0.25) is 4.79 Å². The number of piperidine rings is 1. The quantitative estimate of drug-likeness (QED) is 0.922. The van der Waals surface area contributed by atoms with E-state index in [1.807, 2.05) is 30.3 Å². The smallest absolute Gasteiger partial charge is 0.341 e. The van der Waals surface area contributed by atoms with E-state index in [1.54, 1.807) is 0 Å². The second kappa shape index (κ2) is 7.83. The number of hydrogen-bond donors (Lipinski definition) is 1. The van der Waals surface area contributed by atoms with Crippen LogP contribution in [0.15, 0.2) is 30.3 Å². The van der Waals surface area contributed by atoms with Crippen LogP contribution in [0, 0.1) is 5.92 Å². The first-order chi connectivity index (χ1) is 9.88. The lowest BCUT2D eigenvalue weighted by Gasteiger charge is -2.34. The summed E-state index contributed by atoms with van der Waals surface area (Å²) in [6, 6.07) is 8.66. The highest BCUT2D eigenvalue weighted by molar-refractivity contribution is 5.85. The van der Waals surface area contributed by atoms with E-state index in [0.29, 0.717) is 6.42 Å². The maximum Gasteiger partial charge on any atom is 0.391 e. The summed E-state index contributed by atoms with van der Waals surface area (Å²) in [5.41, 5.74) is 6.83. The lowest BCUT2D eigenvalue weighted by atomic mass is 9.95. The lowest BCUT2D eigenvalue weighted by molar-refractivity contribution is -0.186. The van der Waals surface area contributed by atoms with Gasteiger partial charge in [0.1, 0.15) is 0 Å². The summed E-state index contributed by atoms with van der Waals surface area (Å²) in [5.74, 6) is -1.56. The van der Waals surface area contributed by atoms with Gasteiger partial charge in [0.15, 0.2) is 0 Å².